The Hall–Kier alpha value is -1.90. The third-order valence-electron chi connectivity index (χ3n) is 1.55. The standard InChI is InChI=1S/C9H6F3NO2/c1-14-7-3-2-4-8(6(7)5-13)15-9(10,11)12/h2-4H,1H3. The van der Waals surface area contributed by atoms with Crippen molar-refractivity contribution in [1.82, 2.24) is 0 Å². The molecule has 0 heterocycles. The number of rotatable bonds is 2. The second-order valence-electron chi connectivity index (χ2n) is 2.49. The van der Waals surface area contributed by atoms with E-state index in [1.807, 2.05) is 0 Å². The average Bonchev–Trinajstić information content (AvgIpc) is 2.15. The normalized spacial score (nSPS) is 10.6. The van der Waals surface area contributed by atoms with Gasteiger partial charge in [-0.2, -0.15) is 5.26 Å². The molecule has 0 saturated carbocycles. The molecule has 0 radical (unpaired) electrons. The van der Waals surface area contributed by atoms with Crippen LogP contribution in [0, 0.1) is 11.3 Å². The Morgan fingerprint density at radius 1 is 1.27 bits per heavy atom. The van der Waals surface area contributed by atoms with Crippen LogP contribution in [0.5, 0.6) is 11.5 Å². The van der Waals surface area contributed by atoms with Gasteiger partial charge >= 0.3 is 6.36 Å². The molecule has 6 heteroatoms. The molecule has 0 atom stereocenters. The summed E-state index contributed by atoms with van der Waals surface area (Å²) in [6.45, 7) is 0. The fourth-order valence-corrected chi connectivity index (χ4v) is 1.00. The quantitative estimate of drug-likeness (QED) is 0.764. The van der Waals surface area contributed by atoms with E-state index in [2.05, 4.69) is 4.74 Å². The van der Waals surface area contributed by atoms with Gasteiger partial charge in [-0.1, -0.05) is 6.07 Å². The molecule has 0 amide bonds. The summed E-state index contributed by atoms with van der Waals surface area (Å²) in [5, 5.41) is 8.65. The lowest BCUT2D eigenvalue weighted by atomic mass is 10.2. The Morgan fingerprint density at radius 3 is 2.33 bits per heavy atom. The van der Waals surface area contributed by atoms with Crippen molar-refractivity contribution in [3.8, 4) is 17.6 Å². The van der Waals surface area contributed by atoms with E-state index in [4.69, 9.17) is 10.00 Å². The van der Waals surface area contributed by atoms with Crippen LogP contribution in [0.25, 0.3) is 0 Å². The number of nitriles is 1. The van der Waals surface area contributed by atoms with Crippen LogP contribution in [0.3, 0.4) is 0 Å². The molecular formula is C9H6F3NO2. The van der Waals surface area contributed by atoms with Gasteiger partial charge in [0, 0.05) is 0 Å². The molecule has 0 unspecified atom stereocenters. The summed E-state index contributed by atoms with van der Waals surface area (Å²) in [7, 11) is 1.26. The molecule has 0 aliphatic rings. The fraction of sp³-hybridized carbons (Fsp3) is 0.222. The average molecular weight is 217 g/mol. The molecule has 0 aliphatic heterocycles. The maximum absolute atomic E-state index is 11.9. The largest absolute Gasteiger partial charge is 0.573 e. The number of hydrogen-bond acceptors (Lipinski definition) is 3. The molecule has 0 fully saturated rings. The highest BCUT2D eigenvalue weighted by molar-refractivity contribution is 5.52. The monoisotopic (exact) mass is 217 g/mol. The molecule has 15 heavy (non-hydrogen) atoms. The number of ether oxygens (including phenoxy) is 2. The highest BCUT2D eigenvalue weighted by Crippen LogP contribution is 2.31. The van der Waals surface area contributed by atoms with Crippen molar-refractivity contribution < 1.29 is 22.6 Å². The van der Waals surface area contributed by atoms with Crippen LogP contribution in [0.2, 0.25) is 0 Å². The third kappa shape index (κ3) is 2.77. The molecule has 80 valence electrons. The van der Waals surface area contributed by atoms with Crippen LogP contribution in [0.1, 0.15) is 5.56 Å². The molecule has 3 nitrogen and oxygen atoms in total. The summed E-state index contributed by atoms with van der Waals surface area (Å²) in [6.07, 6.45) is -4.82. The highest BCUT2D eigenvalue weighted by Gasteiger charge is 2.32. The van der Waals surface area contributed by atoms with Crippen LogP contribution < -0.4 is 9.47 Å². The molecule has 0 saturated heterocycles. The van der Waals surface area contributed by atoms with E-state index >= 15 is 0 Å². The van der Waals surface area contributed by atoms with Crippen molar-refractivity contribution in [2.24, 2.45) is 0 Å². The summed E-state index contributed by atoms with van der Waals surface area (Å²) in [4.78, 5) is 0. The molecular weight excluding hydrogens is 211 g/mol. The van der Waals surface area contributed by atoms with Crippen molar-refractivity contribution >= 4 is 0 Å². The Balaban J connectivity index is 3.14. The van der Waals surface area contributed by atoms with Crippen LogP contribution in [-0.4, -0.2) is 13.5 Å². The molecule has 1 aromatic rings. The first kappa shape index (κ1) is 11.2. The van der Waals surface area contributed by atoms with E-state index in [0.717, 1.165) is 6.07 Å². The summed E-state index contributed by atoms with van der Waals surface area (Å²) in [5.41, 5.74) is -0.280. The Bertz CT molecular complexity index is 395. The number of methoxy groups -OCH3 is 1. The highest BCUT2D eigenvalue weighted by atomic mass is 19.4. The first-order valence-corrected chi connectivity index (χ1v) is 3.81. The van der Waals surface area contributed by atoms with Gasteiger partial charge in [0.2, 0.25) is 0 Å². The second-order valence-corrected chi connectivity index (χ2v) is 2.49. The summed E-state index contributed by atoms with van der Waals surface area (Å²) in [6, 6.07) is 5.32. The van der Waals surface area contributed by atoms with Crippen LogP contribution in [-0.2, 0) is 0 Å². The van der Waals surface area contributed by atoms with E-state index in [0.29, 0.717) is 0 Å². The first-order valence-electron chi connectivity index (χ1n) is 3.81. The van der Waals surface area contributed by atoms with Gasteiger partial charge in [0.25, 0.3) is 0 Å². The van der Waals surface area contributed by atoms with E-state index < -0.39 is 12.1 Å². The van der Waals surface area contributed by atoms with E-state index in [-0.39, 0.29) is 11.3 Å². The van der Waals surface area contributed by atoms with Gasteiger partial charge in [0.15, 0.2) is 5.75 Å². The smallest absolute Gasteiger partial charge is 0.495 e. The number of alkyl halides is 3. The SMILES string of the molecule is COc1cccc(OC(F)(F)F)c1C#N. The number of nitrogens with zero attached hydrogens (tertiary/aromatic N) is 1. The molecule has 0 aromatic heterocycles. The predicted octanol–water partition coefficient (Wildman–Crippen LogP) is 2.47. The maximum Gasteiger partial charge on any atom is 0.573 e. The Morgan fingerprint density at radius 2 is 1.87 bits per heavy atom. The van der Waals surface area contributed by atoms with Gasteiger partial charge in [0.1, 0.15) is 17.4 Å². The first-order chi connectivity index (χ1) is 6.98. The minimum atomic E-state index is -4.82. The van der Waals surface area contributed by atoms with Gasteiger partial charge in [-0.15, -0.1) is 13.2 Å². The topological polar surface area (TPSA) is 42.2 Å². The molecule has 0 bridgehead atoms. The van der Waals surface area contributed by atoms with E-state index in [1.165, 1.54) is 19.2 Å². The second kappa shape index (κ2) is 4.09. The number of halogens is 3. The van der Waals surface area contributed by atoms with Crippen molar-refractivity contribution in [2.45, 2.75) is 6.36 Å². The van der Waals surface area contributed by atoms with Crippen molar-refractivity contribution in [3.05, 3.63) is 23.8 Å². The Kier molecular flexibility index (Phi) is 3.04. The van der Waals surface area contributed by atoms with Gasteiger partial charge < -0.3 is 9.47 Å². The van der Waals surface area contributed by atoms with Gasteiger partial charge in [0.05, 0.1) is 7.11 Å². The zero-order valence-electron chi connectivity index (χ0n) is 7.63. The minimum Gasteiger partial charge on any atom is -0.495 e. The van der Waals surface area contributed by atoms with Gasteiger partial charge in [-0.3, -0.25) is 0 Å². The zero-order valence-corrected chi connectivity index (χ0v) is 7.63. The van der Waals surface area contributed by atoms with Gasteiger partial charge in [-0.05, 0) is 12.1 Å². The van der Waals surface area contributed by atoms with Crippen molar-refractivity contribution in [2.75, 3.05) is 7.11 Å². The molecule has 0 spiro atoms. The fourth-order valence-electron chi connectivity index (χ4n) is 1.00. The summed E-state index contributed by atoms with van der Waals surface area (Å²) >= 11 is 0. The third-order valence-corrected chi connectivity index (χ3v) is 1.55. The minimum absolute atomic E-state index is 0.0410. The number of hydrogen-bond donors (Lipinski definition) is 0. The van der Waals surface area contributed by atoms with E-state index in [1.54, 1.807) is 6.07 Å². The lowest BCUT2D eigenvalue weighted by Gasteiger charge is -2.11. The molecule has 1 aromatic carbocycles. The maximum atomic E-state index is 11.9. The summed E-state index contributed by atoms with van der Waals surface area (Å²) < 4.78 is 44.1. The summed E-state index contributed by atoms with van der Waals surface area (Å²) in [5.74, 6) is -0.524. The molecule has 0 aliphatic carbocycles. The number of benzene rings is 1. The van der Waals surface area contributed by atoms with Crippen LogP contribution >= 0.6 is 0 Å². The van der Waals surface area contributed by atoms with Crippen LogP contribution in [0.15, 0.2) is 18.2 Å². The molecule has 1 rings (SSSR count). The van der Waals surface area contributed by atoms with Crippen LogP contribution in [0.4, 0.5) is 13.2 Å². The zero-order chi connectivity index (χ0) is 11.5. The van der Waals surface area contributed by atoms with Crippen molar-refractivity contribution in [3.63, 3.8) is 0 Å². The Labute approximate surface area is 83.6 Å². The molecule has 0 N–H and O–H groups in total. The lowest BCUT2D eigenvalue weighted by molar-refractivity contribution is -0.274. The van der Waals surface area contributed by atoms with Gasteiger partial charge in [-0.25, -0.2) is 0 Å². The predicted molar refractivity (Wildman–Crippen MR) is 44.4 cm³/mol. The van der Waals surface area contributed by atoms with E-state index in [9.17, 15) is 13.2 Å². The lowest BCUT2D eigenvalue weighted by Crippen LogP contribution is -2.17. The van der Waals surface area contributed by atoms with Crippen molar-refractivity contribution in [1.29, 1.82) is 5.26 Å².